The van der Waals surface area contributed by atoms with Gasteiger partial charge in [-0.1, -0.05) is 30.3 Å². The van der Waals surface area contributed by atoms with Crippen molar-refractivity contribution >= 4 is 44.7 Å². The Kier molecular flexibility index (Phi) is 9.03. The van der Waals surface area contributed by atoms with Gasteiger partial charge in [0.25, 0.3) is 0 Å². The van der Waals surface area contributed by atoms with Gasteiger partial charge in [-0.15, -0.1) is 11.3 Å². The number of sulfonamides is 1. The second kappa shape index (κ2) is 11.8. The number of amides is 2. The molecule has 0 bridgehead atoms. The Morgan fingerprint density at radius 2 is 1.97 bits per heavy atom. The Balaban J connectivity index is 1.68. The van der Waals surface area contributed by atoms with Crippen molar-refractivity contribution in [1.29, 1.82) is 5.41 Å². The summed E-state index contributed by atoms with van der Waals surface area (Å²) >= 11 is 1.07. The number of ketones is 1. The van der Waals surface area contributed by atoms with Crippen molar-refractivity contribution in [2.45, 2.75) is 17.8 Å². The highest BCUT2D eigenvalue weighted by Gasteiger charge is 2.44. The quantitative estimate of drug-likeness (QED) is 0.158. The fourth-order valence-corrected chi connectivity index (χ4v) is 5.91. The van der Waals surface area contributed by atoms with Gasteiger partial charge in [-0.25, -0.2) is 13.4 Å². The highest BCUT2D eigenvalue weighted by molar-refractivity contribution is 7.88. The second-order valence-electron chi connectivity index (χ2n) is 8.12. The lowest BCUT2D eigenvalue weighted by Crippen LogP contribution is -2.69. The maximum atomic E-state index is 13.2. The maximum absolute atomic E-state index is 13.2. The third kappa shape index (κ3) is 6.20. The van der Waals surface area contributed by atoms with E-state index in [4.69, 9.17) is 11.1 Å². The first-order valence-electron chi connectivity index (χ1n) is 11.1. The van der Waals surface area contributed by atoms with Crippen molar-refractivity contribution in [1.82, 2.24) is 24.8 Å². The molecule has 1 aromatic heterocycles. The fourth-order valence-electron chi connectivity index (χ4n) is 3.81. The third-order valence-corrected chi connectivity index (χ3v) is 8.29. The van der Waals surface area contributed by atoms with Crippen LogP contribution in [0.4, 0.5) is 0 Å². The van der Waals surface area contributed by atoms with E-state index in [0.29, 0.717) is 5.56 Å². The monoisotopic (exact) mass is 535 g/mol. The molecule has 2 aromatic rings. The van der Waals surface area contributed by atoms with Crippen LogP contribution in [0.1, 0.15) is 21.8 Å². The zero-order chi connectivity index (χ0) is 26.3. The van der Waals surface area contributed by atoms with Crippen molar-refractivity contribution in [3.63, 3.8) is 0 Å². The average molecular weight is 536 g/mol. The van der Waals surface area contributed by atoms with Gasteiger partial charge in [0.05, 0.1) is 24.6 Å². The van der Waals surface area contributed by atoms with Gasteiger partial charge >= 0.3 is 0 Å². The number of nitrogens with one attached hydrogen (secondary N) is 3. The first-order valence-corrected chi connectivity index (χ1v) is 13.6. The molecule has 2 heterocycles. The molecule has 36 heavy (non-hydrogen) atoms. The molecule has 14 heteroatoms. The number of nitrogens with two attached hydrogens (primary N) is 1. The highest BCUT2D eigenvalue weighted by atomic mass is 32.2. The van der Waals surface area contributed by atoms with Crippen LogP contribution in [0.5, 0.6) is 0 Å². The summed E-state index contributed by atoms with van der Waals surface area (Å²) in [5.41, 5.74) is 4.17. The van der Waals surface area contributed by atoms with Gasteiger partial charge in [0.2, 0.25) is 27.6 Å². The van der Waals surface area contributed by atoms with Crippen molar-refractivity contribution in [2.24, 2.45) is 5.73 Å². The number of thiazole rings is 1. The summed E-state index contributed by atoms with van der Waals surface area (Å²) in [4.78, 5) is 44.1. The number of likely N-dealkylation sites (N-methyl/N-ethyl adjacent to an activating group) is 1. The highest BCUT2D eigenvalue weighted by Crippen LogP contribution is 2.18. The summed E-state index contributed by atoms with van der Waals surface area (Å²) in [6.07, 6.45) is 1.48. The van der Waals surface area contributed by atoms with E-state index in [2.05, 4.69) is 15.6 Å². The van der Waals surface area contributed by atoms with Gasteiger partial charge in [-0.3, -0.25) is 19.7 Å². The molecule has 1 saturated heterocycles. The standard InChI is InChI=1S/C22H29N7O5S2/c1-25-22(17(24)7-8-23,20(32)21-26-9-12-35-21)27-18(30)13-28-10-11-29(14-19(28)31)36(33,34)15-16-5-3-2-4-6-16/h2-6,9,12,24-25H,7-8,10-11,13-15,23H2,1H3,(H,27,30). The third-order valence-electron chi connectivity index (χ3n) is 5.72. The molecular weight excluding hydrogens is 506 g/mol. The van der Waals surface area contributed by atoms with Gasteiger partial charge in [0.1, 0.15) is 0 Å². The van der Waals surface area contributed by atoms with E-state index in [1.165, 1.54) is 18.1 Å². The number of nitrogens with zero attached hydrogens (tertiary/aromatic N) is 3. The predicted octanol–water partition coefficient (Wildman–Crippen LogP) is -0.600. The smallest absolute Gasteiger partial charge is 0.241 e. The Bertz CT molecular complexity index is 1200. The maximum Gasteiger partial charge on any atom is 0.241 e. The minimum Gasteiger partial charge on any atom is -0.331 e. The topological polar surface area (TPSA) is 179 Å². The molecule has 12 nitrogen and oxygen atoms in total. The Hall–Kier alpha value is -3.04. The molecule has 5 N–H and O–H groups in total. The number of aromatic nitrogens is 1. The Morgan fingerprint density at radius 1 is 1.25 bits per heavy atom. The number of hydrogen-bond donors (Lipinski definition) is 4. The molecule has 3 rings (SSSR count). The molecule has 0 aliphatic carbocycles. The minimum absolute atomic E-state index is 0.00744. The lowest BCUT2D eigenvalue weighted by molar-refractivity contribution is -0.138. The second-order valence-corrected chi connectivity index (χ2v) is 11.0. The molecule has 0 radical (unpaired) electrons. The first kappa shape index (κ1) is 27.5. The predicted molar refractivity (Wildman–Crippen MR) is 135 cm³/mol. The minimum atomic E-state index is -3.72. The summed E-state index contributed by atoms with van der Waals surface area (Å²) in [6.45, 7) is -0.669. The molecular formula is C22H29N7O5S2. The molecule has 1 fully saturated rings. The van der Waals surface area contributed by atoms with E-state index in [0.717, 1.165) is 15.6 Å². The molecule has 194 valence electrons. The van der Waals surface area contributed by atoms with Gasteiger partial charge in [0, 0.05) is 31.1 Å². The molecule has 2 amide bonds. The number of carbonyl (C=O) groups is 3. The number of rotatable bonds is 12. The van der Waals surface area contributed by atoms with Crippen LogP contribution in [0.3, 0.4) is 0 Å². The van der Waals surface area contributed by atoms with Crippen molar-refractivity contribution in [2.75, 3.05) is 39.8 Å². The summed E-state index contributed by atoms with van der Waals surface area (Å²) in [6, 6.07) is 8.66. The van der Waals surface area contributed by atoms with Gasteiger partial charge in [-0.2, -0.15) is 4.31 Å². The summed E-state index contributed by atoms with van der Waals surface area (Å²) in [5, 5.41) is 15.4. The number of benzene rings is 1. The van der Waals surface area contributed by atoms with E-state index in [-0.39, 0.29) is 49.1 Å². The van der Waals surface area contributed by atoms with Crippen molar-refractivity contribution in [3.8, 4) is 0 Å². The van der Waals surface area contributed by atoms with Crippen LogP contribution >= 0.6 is 11.3 Å². The van der Waals surface area contributed by atoms with Crippen molar-refractivity contribution in [3.05, 3.63) is 52.5 Å². The molecule has 1 unspecified atom stereocenters. The van der Waals surface area contributed by atoms with Crippen LogP contribution in [0.15, 0.2) is 41.9 Å². The van der Waals surface area contributed by atoms with E-state index >= 15 is 0 Å². The summed E-state index contributed by atoms with van der Waals surface area (Å²) < 4.78 is 26.7. The zero-order valence-corrected chi connectivity index (χ0v) is 21.4. The lowest BCUT2D eigenvalue weighted by Gasteiger charge is -2.36. The number of Topliss-reactive ketones (excluding diaryl/α,β-unsaturated/α-hetero) is 1. The molecule has 1 aliphatic rings. The average Bonchev–Trinajstić information content (AvgIpc) is 3.39. The van der Waals surface area contributed by atoms with Crippen LogP contribution in [0, 0.1) is 5.41 Å². The Labute approximate surface area is 213 Å². The molecule has 0 spiro atoms. The SMILES string of the molecule is CNC(NC(=O)CN1CCN(S(=O)(=O)Cc2ccccc2)CC1=O)(C(=N)CCN)C(=O)c1nccs1. The number of hydrogen-bond acceptors (Lipinski definition) is 10. The molecule has 0 saturated carbocycles. The fraction of sp³-hybridized carbons (Fsp3) is 0.409. The van der Waals surface area contributed by atoms with E-state index < -0.39 is 39.8 Å². The molecule has 1 aromatic carbocycles. The van der Waals surface area contributed by atoms with E-state index in [9.17, 15) is 22.8 Å². The normalized spacial score (nSPS) is 16.4. The molecule has 1 atom stereocenters. The summed E-state index contributed by atoms with van der Waals surface area (Å²) in [5.74, 6) is -2.07. The largest absolute Gasteiger partial charge is 0.331 e. The molecule has 1 aliphatic heterocycles. The number of piperazine rings is 1. The van der Waals surface area contributed by atoms with Gasteiger partial charge < -0.3 is 21.4 Å². The van der Waals surface area contributed by atoms with Gasteiger partial charge in [-0.05, 0) is 19.2 Å². The van der Waals surface area contributed by atoms with Gasteiger partial charge in [0.15, 0.2) is 10.7 Å². The zero-order valence-electron chi connectivity index (χ0n) is 19.8. The van der Waals surface area contributed by atoms with E-state index in [1.807, 2.05) is 0 Å². The van der Waals surface area contributed by atoms with Crippen LogP contribution in [-0.4, -0.2) is 91.4 Å². The summed E-state index contributed by atoms with van der Waals surface area (Å²) in [7, 11) is -2.29. The number of carbonyl (C=O) groups excluding carboxylic acids is 3. The van der Waals surface area contributed by atoms with E-state index in [1.54, 1.807) is 35.7 Å². The Morgan fingerprint density at radius 3 is 2.56 bits per heavy atom. The lowest BCUT2D eigenvalue weighted by atomic mass is 9.95. The first-order chi connectivity index (χ1) is 17.1. The van der Waals surface area contributed by atoms with Crippen LogP contribution in [-0.2, 0) is 25.4 Å². The van der Waals surface area contributed by atoms with Crippen molar-refractivity contribution < 1.29 is 22.8 Å². The van der Waals surface area contributed by atoms with Crippen LogP contribution < -0.4 is 16.4 Å². The van der Waals surface area contributed by atoms with Crippen LogP contribution in [0.25, 0.3) is 0 Å². The van der Waals surface area contributed by atoms with Crippen LogP contribution in [0.2, 0.25) is 0 Å².